The van der Waals surface area contributed by atoms with Gasteiger partial charge in [-0.1, -0.05) is 30.3 Å². The predicted octanol–water partition coefficient (Wildman–Crippen LogP) is 2.56. The standard InChI is InChI=1S/C19H32NO7P/c1-19(2)24-13-18(27-19)15-26-28(21,22)25-14-17(11-20(3,4)5)23-12-16-9-7-6-8-10-16/h6-10,17-18H,11-15H2,1-5H3/p+1. The van der Waals surface area contributed by atoms with E-state index in [1.54, 1.807) is 13.8 Å². The number of likely N-dealkylation sites (N-methyl/N-ethyl adjacent to an activating group) is 1. The van der Waals surface area contributed by atoms with Crippen LogP contribution in [-0.4, -0.2) is 74.9 Å². The Morgan fingerprint density at radius 2 is 1.93 bits per heavy atom. The summed E-state index contributed by atoms with van der Waals surface area (Å²) in [7, 11) is 1.84. The zero-order valence-electron chi connectivity index (χ0n) is 17.4. The van der Waals surface area contributed by atoms with Gasteiger partial charge >= 0.3 is 7.82 Å². The highest BCUT2D eigenvalue weighted by Crippen LogP contribution is 2.44. The zero-order chi connectivity index (χ0) is 20.8. The molecule has 9 heteroatoms. The number of quaternary nitrogens is 1. The molecule has 0 bridgehead atoms. The average Bonchev–Trinajstić information content (AvgIpc) is 2.95. The number of phosphoric acid groups is 1. The maximum absolute atomic E-state index is 12.2. The Morgan fingerprint density at radius 1 is 1.25 bits per heavy atom. The highest BCUT2D eigenvalue weighted by molar-refractivity contribution is 7.47. The van der Waals surface area contributed by atoms with Crippen molar-refractivity contribution in [3.05, 3.63) is 35.9 Å². The summed E-state index contributed by atoms with van der Waals surface area (Å²) in [6.07, 6.45) is -0.773. The molecule has 1 aliphatic rings. The molecule has 1 heterocycles. The number of benzene rings is 1. The molecule has 3 unspecified atom stereocenters. The highest BCUT2D eigenvalue weighted by atomic mass is 31.2. The summed E-state index contributed by atoms with van der Waals surface area (Å²) in [4.78, 5) is 9.99. The van der Waals surface area contributed by atoms with Gasteiger partial charge in [0.25, 0.3) is 0 Å². The smallest absolute Gasteiger partial charge is 0.365 e. The summed E-state index contributed by atoms with van der Waals surface area (Å²) >= 11 is 0. The fraction of sp³-hybridized carbons (Fsp3) is 0.684. The maximum atomic E-state index is 12.2. The molecule has 0 spiro atoms. The Labute approximate surface area is 167 Å². The molecule has 1 aliphatic heterocycles. The second-order valence-corrected chi connectivity index (χ2v) is 9.86. The molecule has 1 aromatic carbocycles. The molecule has 3 atom stereocenters. The summed E-state index contributed by atoms with van der Waals surface area (Å²) < 4.78 is 40.0. The lowest BCUT2D eigenvalue weighted by molar-refractivity contribution is -0.873. The van der Waals surface area contributed by atoms with E-state index >= 15 is 0 Å². The molecule has 8 nitrogen and oxygen atoms in total. The minimum atomic E-state index is -4.22. The quantitative estimate of drug-likeness (QED) is 0.437. The van der Waals surface area contributed by atoms with Crippen LogP contribution in [0.5, 0.6) is 0 Å². The third-order valence-electron chi connectivity index (χ3n) is 3.99. The van der Waals surface area contributed by atoms with Crippen molar-refractivity contribution in [2.75, 3.05) is 47.5 Å². The van der Waals surface area contributed by atoms with E-state index in [2.05, 4.69) is 0 Å². The Kier molecular flexibility index (Phi) is 8.19. The van der Waals surface area contributed by atoms with Gasteiger partial charge in [0.2, 0.25) is 0 Å². The van der Waals surface area contributed by atoms with Gasteiger partial charge in [0.05, 0.1) is 47.6 Å². The number of ether oxygens (including phenoxy) is 3. The van der Waals surface area contributed by atoms with Gasteiger partial charge in [-0.3, -0.25) is 9.05 Å². The largest absolute Gasteiger partial charge is 0.472 e. The first kappa shape index (κ1) is 23.4. The second kappa shape index (κ2) is 9.78. The lowest BCUT2D eigenvalue weighted by Crippen LogP contribution is -2.44. The molecule has 28 heavy (non-hydrogen) atoms. The number of phosphoric ester groups is 1. The van der Waals surface area contributed by atoms with Crippen LogP contribution in [-0.2, 0) is 34.4 Å². The minimum absolute atomic E-state index is 0.0519. The van der Waals surface area contributed by atoms with E-state index in [9.17, 15) is 9.46 Å². The van der Waals surface area contributed by atoms with E-state index < -0.39 is 19.7 Å². The predicted molar refractivity (Wildman–Crippen MR) is 105 cm³/mol. The number of nitrogens with zero attached hydrogens (tertiary/aromatic N) is 1. The Balaban J connectivity index is 1.83. The van der Waals surface area contributed by atoms with Gasteiger partial charge in [-0.05, 0) is 19.4 Å². The Bertz CT molecular complexity index is 647. The van der Waals surface area contributed by atoms with Crippen molar-refractivity contribution >= 4 is 7.82 Å². The molecule has 2 rings (SSSR count). The van der Waals surface area contributed by atoms with Crippen LogP contribution < -0.4 is 0 Å². The van der Waals surface area contributed by atoms with Crippen LogP contribution in [0.3, 0.4) is 0 Å². The fourth-order valence-corrected chi connectivity index (χ4v) is 3.57. The van der Waals surface area contributed by atoms with Crippen LogP contribution >= 0.6 is 7.82 Å². The molecule has 1 N–H and O–H groups in total. The van der Waals surface area contributed by atoms with Crippen LogP contribution in [0, 0.1) is 0 Å². The zero-order valence-corrected chi connectivity index (χ0v) is 18.3. The van der Waals surface area contributed by atoms with Crippen molar-refractivity contribution in [1.82, 2.24) is 0 Å². The molecule has 0 amide bonds. The first-order valence-electron chi connectivity index (χ1n) is 9.34. The lowest BCUT2D eigenvalue weighted by Gasteiger charge is -2.29. The molecular weight excluding hydrogens is 385 g/mol. The van der Waals surface area contributed by atoms with E-state index in [0.29, 0.717) is 24.2 Å². The summed E-state index contributed by atoms with van der Waals surface area (Å²) in [6.45, 7) is 4.74. The average molecular weight is 418 g/mol. The summed E-state index contributed by atoms with van der Waals surface area (Å²) in [5, 5.41) is 0. The van der Waals surface area contributed by atoms with Crippen LogP contribution in [0.4, 0.5) is 0 Å². The normalized spacial score (nSPS) is 22.7. The van der Waals surface area contributed by atoms with Gasteiger partial charge < -0.3 is 23.6 Å². The Hall–Kier alpha value is -0.830. The van der Waals surface area contributed by atoms with Gasteiger partial charge in [-0.15, -0.1) is 0 Å². The van der Waals surface area contributed by atoms with Crippen molar-refractivity contribution in [2.45, 2.75) is 38.4 Å². The van der Waals surface area contributed by atoms with Crippen LogP contribution in [0.15, 0.2) is 30.3 Å². The summed E-state index contributed by atoms with van der Waals surface area (Å²) in [6, 6.07) is 9.76. The van der Waals surface area contributed by atoms with E-state index in [1.165, 1.54) is 0 Å². The van der Waals surface area contributed by atoms with Crippen molar-refractivity contribution in [3.63, 3.8) is 0 Å². The van der Waals surface area contributed by atoms with Gasteiger partial charge in [0.1, 0.15) is 18.8 Å². The molecule has 0 aliphatic carbocycles. The van der Waals surface area contributed by atoms with E-state index in [-0.39, 0.29) is 19.3 Å². The van der Waals surface area contributed by atoms with Crippen LogP contribution in [0.25, 0.3) is 0 Å². The molecule has 0 saturated carbocycles. The number of hydrogen-bond donors (Lipinski definition) is 1. The third-order valence-corrected chi connectivity index (χ3v) is 4.95. The molecule has 0 radical (unpaired) electrons. The molecule has 1 saturated heterocycles. The fourth-order valence-electron chi connectivity index (χ4n) is 2.79. The first-order chi connectivity index (χ1) is 12.9. The third kappa shape index (κ3) is 9.11. The number of hydrogen-bond acceptors (Lipinski definition) is 6. The maximum Gasteiger partial charge on any atom is 0.472 e. The highest BCUT2D eigenvalue weighted by Gasteiger charge is 2.35. The van der Waals surface area contributed by atoms with E-state index in [4.69, 9.17) is 23.3 Å². The van der Waals surface area contributed by atoms with Gasteiger partial charge in [0.15, 0.2) is 5.79 Å². The summed E-state index contributed by atoms with van der Waals surface area (Å²) in [5.74, 6) is -0.713. The Morgan fingerprint density at radius 3 is 2.50 bits per heavy atom. The van der Waals surface area contributed by atoms with E-state index in [0.717, 1.165) is 5.56 Å². The summed E-state index contributed by atoms with van der Waals surface area (Å²) in [5.41, 5.74) is 1.03. The van der Waals surface area contributed by atoms with Crippen LogP contribution in [0.1, 0.15) is 19.4 Å². The molecule has 160 valence electrons. The van der Waals surface area contributed by atoms with Crippen molar-refractivity contribution in [1.29, 1.82) is 0 Å². The monoisotopic (exact) mass is 418 g/mol. The van der Waals surface area contributed by atoms with Crippen molar-refractivity contribution < 1.29 is 37.2 Å². The van der Waals surface area contributed by atoms with Gasteiger partial charge in [-0.2, -0.15) is 0 Å². The number of rotatable bonds is 11. The molecule has 1 aromatic rings. The molecular formula is C19H33NO7P+. The van der Waals surface area contributed by atoms with Gasteiger partial charge in [-0.25, -0.2) is 4.57 Å². The second-order valence-electron chi connectivity index (χ2n) is 8.40. The lowest BCUT2D eigenvalue weighted by atomic mass is 10.2. The van der Waals surface area contributed by atoms with Crippen molar-refractivity contribution in [3.8, 4) is 0 Å². The van der Waals surface area contributed by atoms with Crippen LogP contribution in [0.2, 0.25) is 0 Å². The van der Waals surface area contributed by atoms with E-state index in [1.807, 2.05) is 51.5 Å². The van der Waals surface area contributed by atoms with Gasteiger partial charge in [0, 0.05) is 0 Å². The minimum Gasteiger partial charge on any atom is -0.365 e. The van der Waals surface area contributed by atoms with Crippen molar-refractivity contribution in [2.24, 2.45) is 0 Å². The topological polar surface area (TPSA) is 83.5 Å². The first-order valence-corrected chi connectivity index (χ1v) is 10.8. The molecule has 0 aromatic heterocycles. The SMILES string of the molecule is CC1(C)OCC(COP(=O)(O)OCC(C[N+](C)(C)C)OCc2ccccc2)O1. The molecule has 1 fully saturated rings.